The second-order valence-corrected chi connectivity index (χ2v) is 5.75. The first-order valence-corrected chi connectivity index (χ1v) is 8.14. The molecule has 0 amide bonds. The van der Waals surface area contributed by atoms with Gasteiger partial charge in [0.2, 0.25) is 0 Å². The van der Waals surface area contributed by atoms with Gasteiger partial charge in [-0.1, -0.05) is 36.4 Å². The van der Waals surface area contributed by atoms with Crippen LogP contribution in [0.5, 0.6) is 0 Å². The number of nitro groups is 1. The predicted octanol–water partition coefficient (Wildman–Crippen LogP) is 4.83. The Hall–Kier alpha value is -3.54. The quantitative estimate of drug-likeness (QED) is 0.393. The minimum Gasteiger partial charge on any atom is -0.340 e. The van der Waals surface area contributed by atoms with Crippen molar-refractivity contribution in [3.63, 3.8) is 0 Å². The Labute approximate surface area is 151 Å². The van der Waals surface area contributed by atoms with Crippen molar-refractivity contribution in [2.24, 2.45) is 0 Å². The van der Waals surface area contributed by atoms with E-state index in [-0.39, 0.29) is 5.69 Å². The summed E-state index contributed by atoms with van der Waals surface area (Å²) in [7, 11) is 0. The highest BCUT2D eigenvalue weighted by atomic mass is 16.6. The van der Waals surface area contributed by atoms with Gasteiger partial charge in [0.15, 0.2) is 5.82 Å². The average molecular weight is 346 g/mol. The smallest absolute Gasteiger partial charge is 0.269 e. The van der Waals surface area contributed by atoms with Crippen LogP contribution in [0.1, 0.15) is 11.3 Å². The first-order valence-electron chi connectivity index (χ1n) is 8.14. The Bertz CT molecular complexity index is 938. The molecule has 130 valence electrons. The van der Waals surface area contributed by atoms with Crippen molar-refractivity contribution in [1.82, 2.24) is 9.97 Å². The molecule has 3 rings (SSSR count). The summed E-state index contributed by atoms with van der Waals surface area (Å²) in [4.78, 5) is 19.7. The molecule has 0 unspecified atom stereocenters. The van der Waals surface area contributed by atoms with Gasteiger partial charge in [0.25, 0.3) is 5.69 Å². The van der Waals surface area contributed by atoms with E-state index in [0.29, 0.717) is 18.1 Å². The molecule has 0 aliphatic carbocycles. The standard InChI is InChI=1S/C20H18N4O2/c1-3-7-18-14(2)21-19(15-8-5-4-6-9-15)23-20(18)22-16-10-12-17(13-11-16)24(25)26/h3-6,8-13H,1,7H2,2H3,(H,21,22,23). The van der Waals surface area contributed by atoms with Crippen molar-refractivity contribution < 1.29 is 4.92 Å². The van der Waals surface area contributed by atoms with Gasteiger partial charge in [-0.05, 0) is 25.5 Å². The number of non-ortho nitro benzene ring substituents is 1. The van der Waals surface area contributed by atoms with E-state index in [0.717, 1.165) is 22.5 Å². The van der Waals surface area contributed by atoms with Gasteiger partial charge < -0.3 is 5.32 Å². The fourth-order valence-electron chi connectivity index (χ4n) is 2.61. The molecule has 0 saturated carbocycles. The van der Waals surface area contributed by atoms with Crippen molar-refractivity contribution >= 4 is 17.2 Å². The lowest BCUT2D eigenvalue weighted by atomic mass is 10.1. The Morgan fingerprint density at radius 1 is 1.12 bits per heavy atom. The van der Waals surface area contributed by atoms with Gasteiger partial charge in [-0.2, -0.15) is 0 Å². The molecule has 6 nitrogen and oxygen atoms in total. The van der Waals surface area contributed by atoms with Crippen LogP contribution in [-0.4, -0.2) is 14.9 Å². The van der Waals surface area contributed by atoms with Crippen LogP contribution in [0.3, 0.4) is 0 Å². The summed E-state index contributed by atoms with van der Waals surface area (Å²) in [5.41, 5.74) is 3.50. The molecule has 6 heteroatoms. The number of rotatable bonds is 6. The lowest BCUT2D eigenvalue weighted by molar-refractivity contribution is -0.384. The van der Waals surface area contributed by atoms with Crippen LogP contribution in [0.4, 0.5) is 17.2 Å². The van der Waals surface area contributed by atoms with Gasteiger partial charge in [0.1, 0.15) is 5.82 Å². The van der Waals surface area contributed by atoms with Gasteiger partial charge in [0.05, 0.1) is 4.92 Å². The van der Waals surface area contributed by atoms with Crippen molar-refractivity contribution in [3.05, 3.63) is 88.6 Å². The van der Waals surface area contributed by atoms with E-state index in [1.807, 2.05) is 37.3 Å². The second kappa shape index (κ2) is 7.57. The predicted molar refractivity (Wildman–Crippen MR) is 102 cm³/mol. The average Bonchev–Trinajstić information content (AvgIpc) is 2.65. The zero-order valence-corrected chi connectivity index (χ0v) is 14.3. The number of allylic oxidation sites excluding steroid dienone is 1. The zero-order valence-electron chi connectivity index (χ0n) is 14.3. The molecule has 2 aromatic carbocycles. The van der Waals surface area contributed by atoms with Crippen molar-refractivity contribution in [3.8, 4) is 11.4 Å². The summed E-state index contributed by atoms with van der Waals surface area (Å²) in [6.45, 7) is 5.74. The van der Waals surface area contributed by atoms with Crippen LogP contribution >= 0.6 is 0 Å². The third-order valence-electron chi connectivity index (χ3n) is 3.94. The van der Waals surface area contributed by atoms with Crippen LogP contribution < -0.4 is 5.32 Å². The van der Waals surface area contributed by atoms with Crippen LogP contribution in [0.25, 0.3) is 11.4 Å². The van der Waals surface area contributed by atoms with E-state index >= 15 is 0 Å². The number of aromatic nitrogens is 2. The SMILES string of the molecule is C=CCc1c(C)nc(-c2ccccc2)nc1Nc1ccc([N+](=O)[O-])cc1. The molecule has 0 fully saturated rings. The van der Waals surface area contributed by atoms with Crippen molar-refractivity contribution in [1.29, 1.82) is 0 Å². The van der Waals surface area contributed by atoms with Crippen molar-refractivity contribution in [2.45, 2.75) is 13.3 Å². The maximum atomic E-state index is 10.8. The number of aryl methyl sites for hydroxylation is 1. The molecular formula is C20H18N4O2. The molecule has 1 aromatic heterocycles. The fourth-order valence-corrected chi connectivity index (χ4v) is 2.61. The Balaban J connectivity index is 2.01. The Kier molecular flexibility index (Phi) is 5.03. The van der Waals surface area contributed by atoms with Gasteiger partial charge in [0, 0.05) is 34.6 Å². The minimum absolute atomic E-state index is 0.0470. The number of anilines is 2. The van der Waals surface area contributed by atoms with Crippen molar-refractivity contribution in [2.75, 3.05) is 5.32 Å². The van der Waals surface area contributed by atoms with Crippen LogP contribution in [0, 0.1) is 17.0 Å². The van der Waals surface area contributed by atoms with E-state index in [9.17, 15) is 10.1 Å². The van der Waals surface area contributed by atoms with Crippen LogP contribution in [-0.2, 0) is 6.42 Å². The lowest BCUT2D eigenvalue weighted by Gasteiger charge is -2.14. The number of nitrogens with zero attached hydrogens (tertiary/aromatic N) is 3. The third-order valence-corrected chi connectivity index (χ3v) is 3.94. The molecule has 0 spiro atoms. The highest BCUT2D eigenvalue weighted by Gasteiger charge is 2.13. The second-order valence-electron chi connectivity index (χ2n) is 5.75. The van der Waals surface area contributed by atoms with E-state index in [1.54, 1.807) is 18.2 Å². The summed E-state index contributed by atoms with van der Waals surface area (Å²) < 4.78 is 0. The molecule has 0 atom stereocenters. The normalized spacial score (nSPS) is 10.3. The molecule has 0 aliphatic heterocycles. The molecule has 1 N–H and O–H groups in total. The number of nitro benzene ring substituents is 1. The summed E-state index contributed by atoms with van der Waals surface area (Å²) in [5.74, 6) is 1.30. The zero-order chi connectivity index (χ0) is 18.5. The highest BCUT2D eigenvalue weighted by molar-refractivity contribution is 5.65. The molecular weight excluding hydrogens is 328 g/mol. The van der Waals surface area contributed by atoms with E-state index in [1.165, 1.54) is 12.1 Å². The van der Waals surface area contributed by atoms with E-state index in [2.05, 4.69) is 21.9 Å². The number of benzene rings is 2. The molecule has 3 aromatic rings. The molecule has 0 radical (unpaired) electrons. The molecule has 0 bridgehead atoms. The van der Waals surface area contributed by atoms with Crippen LogP contribution in [0.15, 0.2) is 67.3 Å². The first kappa shape index (κ1) is 17.3. The Morgan fingerprint density at radius 2 is 1.81 bits per heavy atom. The maximum absolute atomic E-state index is 10.8. The van der Waals surface area contributed by atoms with Gasteiger partial charge >= 0.3 is 0 Å². The van der Waals surface area contributed by atoms with Gasteiger partial charge in [-0.25, -0.2) is 9.97 Å². The van der Waals surface area contributed by atoms with E-state index < -0.39 is 4.92 Å². The minimum atomic E-state index is -0.421. The summed E-state index contributed by atoms with van der Waals surface area (Å²) in [6, 6.07) is 16.0. The molecule has 0 saturated heterocycles. The number of hydrogen-bond acceptors (Lipinski definition) is 5. The fraction of sp³-hybridized carbons (Fsp3) is 0.100. The molecule has 0 aliphatic rings. The summed E-state index contributed by atoms with van der Waals surface area (Å²) in [5, 5.41) is 14.1. The lowest BCUT2D eigenvalue weighted by Crippen LogP contribution is -2.05. The maximum Gasteiger partial charge on any atom is 0.269 e. The monoisotopic (exact) mass is 346 g/mol. The molecule has 1 heterocycles. The van der Waals surface area contributed by atoms with E-state index in [4.69, 9.17) is 0 Å². The summed E-state index contributed by atoms with van der Waals surface area (Å²) in [6.07, 6.45) is 2.42. The first-order chi connectivity index (χ1) is 12.6. The highest BCUT2D eigenvalue weighted by Crippen LogP contribution is 2.26. The number of hydrogen-bond donors (Lipinski definition) is 1. The van der Waals surface area contributed by atoms with Gasteiger partial charge in [-0.3, -0.25) is 10.1 Å². The topological polar surface area (TPSA) is 81.0 Å². The Morgan fingerprint density at radius 3 is 2.42 bits per heavy atom. The van der Waals surface area contributed by atoms with Crippen LogP contribution in [0.2, 0.25) is 0 Å². The largest absolute Gasteiger partial charge is 0.340 e. The number of nitrogens with one attached hydrogen (secondary N) is 1. The summed E-state index contributed by atoms with van der Waals surface area (Å²) >= 11 is 0. The van der Waals surface area contributed by atoms with Gasteiger partial charge in [-0.15, -0.1) is 6.58 Å². The third kappa shape index (κ3) is 3.75. The molecule has 26 heavy (non-hydrogen) atoms.